The SMILES string of the molecule is CCOC(=O)[C@H]1[C@@H]2Cc3cc(OCc4cc(-c5cc(F)c(O[C@H]6CC[C@](C)(O)CC6)c(F)c5)c(C(F)(F)F)cc4F)ncc3[C@@H]21. The quantitative estimate of drug-likeness (QED) is 0.207. The first-order valence-corrected chi connectivity index (χ1v) is 14.8. The van der Waals surface area contributed by atoms with E-state index in [0.717, 1.165) is 29.3 Å². The highest BCUT2D eigenvalue weighted by Crippen LogP contribution is 2.62. The van der Waals surface area contributed by atoms with E-state index >= 15 is 8.78 Å². The van der Waals surface area contributed by atoms with Crippen LogP contribution in [0.2, 0.25) is 0 Å². The van der Waals surface area contributed by atoms with E-state index in [1.54, 1.807) is 26.1 Å². The van der Waals surface area contributed by atoms with E-state index in [1.807, 2.05) is 0 Å². The standard InChI is InChI=1S/C33H31F6NO5/c1-3-43-31(41)29-21-8-16-12-27(40-14-22(16)28(21)29)44-15-18-9-20(23(13-24(18)34)33(37,38)39)17-10-25(35)30(26(36)11-17)45-19-4-6-32(2,42)7-5-19/h9-14,19,21,28-29,42H,3-8,15H2,1-2H3/t19-,21-,28-,29+,32-/m1/s1. The van der Waals surface area contributed by atoms with E-state index in [4.69, 9.17) is 14.2 Å². The van der Waals surface area contributed by atoms with Crippen molar-refractivity contribution in [3.8, 4) is 22.8 Å². The summed E-state index contributed by atoms with van der Waals surface area (Å²) in [5.74, 6) is -4.54. The number of benzene rings is 2. The van der Waals surface area contributed by atoms with E-state index in [9.17, 15) is 27.5 Å². The first-order chi connectivity index (χ1) is 21.3. The molecule has 2 aromatic carbocycles. The second-order valence-electron chi connectivity index (χ2n) is 12.3. The van der Waals surface area contributed by atoms with Gasteiger partial charge in [-0.3, -0.25) is 4.79 Å². The molecule has 0 saturated heterocycles. The molecular formula is C33H31F6NO5. The van der Waals surface area contributed by atoms with Crippen LogP contribution in [0.1, 0.15) is 67.7 Å². The number of hydrogen-bond acceptors (Lipinski definition) is 6. The average Bonchev–Trinajstić information content (AvgIpc) is 3.56. The normalized spacial score (nSPS) is 25.4. The molecule has 45 heavy (non-hydrogen) atoms. The summed E-state index contributed by atoms with van der Waals surface area (Å²) < 4.78 is 103. The lowest BCUT2D eigenvalue weighted by molar-refractivity contribution is -0.145. The Kier molecular flexibility index (Phi) is 7.99. The Morgan fingerprint density at radius 3 is 2.38 bits per heavy atom. The van der Waals surface area contributed by atoms with E-state index in [2.05, 4.69) is 4.98 Å². The minimum absolute atomic E-state index is 0.0205. The molecule has 1 heterocycles. The van der Waals surface area contributed by atoms with Gasteiger partial charge in [-0.2, -0.15) is 13.2 Å². The van der Waals surface area contributed by atoms with Crippen LogP contribution in [0, 0.1) is 29.3 Å². The zero-order chi connectivity index (χ0) is 32.3. The van der Waals surface area contributed by atoms with Gasteiger partial charge in [0.1, 0.15) is 12.4 Å². The molecular weight excluding hydrogens is 604 g/mol. The van der Waals surface area contributed by atoms with Gasteiger partial charge in [-0.05, 0) is 98.4 Å². The van der Waals surface area contributed by atoms with E-state index in [-0.39, 0.29) is 41.2 Å². The highest BCUT2D eigenvalue weighted by molar-refractivity contribution is 5.79. The number of alkyl halides is 3. The molecule has 3 aliphatic rings. The van der Waals surface area contributed by atoms with Gasteiger partial charge in [-0.25, -0.2) is 18.2 Å². The molecule has 0 unspecified atom stereocenters. The van der Waals surface area contributed by atoms with Crippen molar-refractivity contribution in [2.45, 2.75) is 76.4 Å². The fourth-order valence-electron chi connectivity index (χ4n) is 6.59. The van der Waals surface area contributed by atoms with Crippen LogP contribution in [0.25, 0.3) is 11.1 Å². The van der Waals surface area contributed by atoms with Crippen molar-refractivity contribution in [3.63, 3.8) is 0 Å². The molecule has 6 nitrogen and oxygen atoms in total. The van der Waals surface area contributed by atoms with Gasteiger partial charge in [0.2, 0.25) is 5.88 Å². The second kappa shape index (κ2) is 11.5. The smallest absolute Gasteiger partial charge is 0.417 e. The molecule has 0 amide bonds. The number of aliphatic hydroxyl groups is 1. The van der Waals surface area contributed by atoms with Crippen LogP contribution in [0.3, 0.4) is 0 Å². The molecule has 0 radical (unpaired) electrons. The van der Waals surface area contributed by atoms with Crippen molar-refractivity contribution in [2.24, 2.45) is 11.8 Å². The summed E-state index contributed by atoms with van der Waals surface area (Å²) in [4.78, 5) is 16.4. The predicted octanol–water partition coefficient (Wildman–Crippen LogP) is 7.28. The summed E-state index contributed by atoms with van der Waals surface area (Å²) in [6, 6.07) is 4.25. The van der Waals surface area contributed by atoms with Crippen LogP contribution < -0.4 is 9.47 Å². The van der Waals surface area contributed by atoms with Crippen LogP contribution in [0.15, 0.2) is 36.5 Å². The molecule has 0 aliphatic heterocycles. The first-order valence-electron chi connectivity index (χ1n) is 14.8. The van der Waals surface area contributed by atoms with Gasteiger partial charge in [0.05, 0.1) is 29.8 Å². The van der Waals surface area contributed by atoms with Crippen LogP contribution in [0.4, 0.5) is 26.3 Å². The lowest BCUT2D eigenvalue weighted by Gasteiger charge is -2.33. The molecule has 6 rings (SSSR count). The maximum Gasteiger partial charge on any atom is 0.417 e. The minimum Gasteiger partial charge on any atom is -0.484 e. The van der Waals surface area contributed by atoms with Gasteiger partial charge in [0.15, 0.2) is 17.4 Å². The Morgan fingerprint density at radius 2 is 1.73 bits per heavy atom. The van der Waals surface area contributed by atoms with Gasteiger partial charge >= 0.3 is 12.1 Å². The van der Waals surface area contributed by atoms with Crippen LogP contribution >= 0.6 is 0 Å². The number of fused-ring (bicyclic) bond motifs is 3. The minimum atomic E-state index is -5.03. The fourth-order valence-corrected chi connectivity index (χ4v) is 6.59. The molecule has 0 spiro atoms. The van der Waals surface area contributed by atoms with Gasteiger partial charge in [-0.15, -0.1) is 0 Å². The zero-order valence-electron chi connectivity index (χ0n) is 24.5. The van der Waals surface area contributed by atoms with Gasteiger partial charge in [0, 0.05) is 23.7 Å². The van der Waals surface area contributed by atoms with E-state index < -0.39 is 64.4 Å². The summed E-state index contributed by atoms with van der Waals surface area (Å²) in [5, 5.41) is 10.1. The van der Waals surface area contributed by atoms with Crippen LogP contribution in [0.5, 0.6) is 11.6 Å². The number of rotatable bonds is 8. The van der Waals surface area contributed by atoms with Crippen molar-refractivity contribution in [3.05, 3.63) is 76.2 Å². The molecule has 2 fully saturated rings. The molecule has 1 aromatic heterocycles. The van der Waals surface area contributed by atoms with Gasteiger partial charge in [-0.1, -0.05) is 0 Å². The first kappa shape index (κ1) is 31.2. The Hall–Kier alpha value is -3.80. The Balaban J connectivity index is 1.22. The number of aromatic nitrogens is 1. The molecule has 12 heteroatoms. The fraction of sp³-hybridized carbons (Fsp3) is 0.455. The van der Waals surface area contributed by atoms with Crippen molar-refractivity contribution in [1.82, 2.24) is 4.98 Å². The number of ether oxygens (including phenoxy) is 3. The van der Waals surface area contributed by atoms with Crippen molar-refractivity contribution < 1.29 is 50.5 Å². The topological polar surface area (TPSA) is 77.9 Å². The molecule has 240 valence electrons. The average molecular weight is 636 g/mol. The molecule has 1 N–H and O–H groups in total. The van der Waals surface area contributed by atoms with E-state index in [0.29, 0.717) is 38.7 Å². The highest BCUT2D eigenvalue weighted by Gasteiger charge is 2.60. The number of carbonyl (C=O) groups excluding carboxylic acids is 1. The molecule has 2 saturated carbocycles. The van der Waals surface area contributed by atoms with Crippen molar-refractivity contribution >= 4 is 5.97 Å². The van der Waals surface area contributed by atoms with Crippen molar-refractivity contribution in [2.75, 3.05) is 6.61 Å². The maximum absolute atomic E-state index is 15.1. The van der Waals surface area contributed by atoms with Gasteiger partial charge in [0.25, 0.3) is 0 Å². The molecule has 3 aromatic rings. The lowest BCUT2D eigenvalue weighted by atomic mass is 9.85. The third kappa shape index (κ3) is 6.21. The highest BCUT2D eigenvalue weighted by atomic mass is 19.4. The summed E-state index contributed by atoms with van der Waals surface area (Å²) in [5.41, 5.74) is -1.85. The summed E-state index contributed by atoms with van der Waals surface area (Å²) in [7, 11) is 0. The Bertz CT molecular complexity index is 1610. The number of halogens is 6. The number of nitrogens with zero attached hydrogens (tertiary/aromatic N) is 1. The zero-order valence-corrected chi connectivity index (χ0v) is 24.5. The number of carbonyl (C=O) groups is 1. The van der Waals surface area contributed by atoms with Gasteiger partial charge < -0.3 is 19.3 Å². The van der Waals surface area contributed by atoms with E-state index in [1.165, 1.54) is 0 Å². The number of pyridine rings is 1. The van der Waals surface area contributed by atoms with Crippen LogP contribution in [-0.2, 0) is 28.7 Å². The third-order valence-corrected chi connectivity index (χ3v) is 9.01. The van der Waals surface area contributed by atoms with Crippen molar-refractivity contribution in [1.29, 1.82) is 0 Å². The van der Waals surface area contributed by atoms with Crippen LogP contribution in [-0.4, -0.2) is 34.4 Å². The molecule has 3 aliphatic carbocycles. The third-order valence-electron chi connectivity index (χ3n) is 9.01. The largest absolute Gasteiger partial charge is 0.484 e. The lowest BCUT2D eigenvalue weighted by Crippen LogP contribution is -2.35. The predicted molar refractivity (Wildman–Crippen MR) is 149 cm³/mol. The molecule has 3 atom stereocenters. The second-order valence-corrected chi connectivity index (χ2v) is 12.3. The monoisotopic (exact) mass is 635 g/mol. The summed E-state index contributed by atoms with van der Waals surface area (Å²) in [6.07, 6.45) is -1.98. The Labute approximate surface area is 255 Å². The summed E-state index contributed by atoms with van der Waals surface area (Å²) >= 11 is 0. The maximum atomic E-state index is 15.1. The number of esters is 1. The Morgan fingerprint density at radius 1 is 1.04 bits per heavy atom. The molecule has 0 bridgehead atoms. The number of hydrogen-bond donors (Lipinski definition) is 1. The summed E-state index contributed by atoms with van der Waals surface area (Å²) in [6.45, 7) is 3.20.